The van der Waals surface area contributed by atoms with Crippen molar-refractivity contribution in [3.8, 4) is 6.07 Å². The summed E-state index contributed by atoms with van der Waals surface area (Å²) >= 11 is 0. The highest BCUT2D eigenvalue weighted by molar-refractivity contribution is 6.07. The van der Waals surface area contributed by atoms with Crippen molar-refractivity contribution in [3.63, 3.8) is 0 Å². The van der Waals surface area contributed by atoms with Crippen molar-refractivity contribution < 1.29 is 4.79 Å². The zero-order chi connectivity index (χ0) is 14.5. The lowest BCUT2D eigenvalue weighted by molar-refractivity contribution is 0.102. The van der Waals surface area contributed by atoms with Crippen LogP contribution in [0.15, 0.2) is 42.6 Å². The highest BCUT2D eigenvalue weighted by atomic mass is 16.1. The number of rotatable bonds is 3. The maximum Gasteiger partial charge on any atom is 0.259 e. The van der Waals surface area contributed by atoms with Gasteiger partial charge in [-0.1, -0.05) is 0 Å². The van der Waals surface area contributed by atoms with Crippen molar-refractivity contribution in [1.29, 1.82) is 5.26 Å². The summed E-state index contributed by atoms with van der Waals surface area (Å²) in [5.41, 5.74) is 1.70. The number of anilines is 2. The second-order valence-electron chi connectivity index (χ2n) is 4.41. The third-order valence-corrected chi connectivity index (χ3v) is 2.73. The summed E-state index contributed by atoms with van der Waals surface area (Å²) in [6.45, 7) is 0. The topological polar surface area (TPSA) is 69.0 Å². The average Bonchev–Trinajstić information content (AvgIpc) is 2.48. The molecule has 5 nitrogen and oxygen atoms in total. The normalized spacial score (nSPS) is 9.65. The number of nitriles is 1. The van der Waals surface area contributed by atoms with Crippen LogP contribution in [0.1, 0.15) is 15.9 Å². The Kier molecular flexibility index (Phi) is 3.96. The molecule has 1 amide bonds. The fourth-order valence-electron chi connectivity index (χ4n) is 1.76. The standard InChI is InChI=1S/C15H14N4O/c1-19(2)14-13(4-3-9-17-14)15(20)18-12-7-5-11(10-16)6-8-12/h3-9H,1-2H3,(H,18,20). The van der Waals surface area contributed by atoms with Gasteiger partial charge in [0.1, 0.15) is 5.82 Å². The first-order chi connectivity index (χ1) is 9.61. The number of nitrogens with one attached hydrogen (secondary N) is 1. The van der Waals surface area contributed by atoms with Gasteiger partial charge in [-0.15, -0.1) is 0 Å². The highest BCUT2D eigenvalue weighted by Crippen LogP contribution is 2.17. The van der Waals surface area contributed by atoms with Gasteiger partial charge < -0.3 is 10.2 Å². The maximum absolute atomic E-state index is 12.3. The molecule has 2 aromatic rings. The van der Waals surface area contributed by atoms with Gasteiger partial charge >= 0.3 is 0 Å². The zero-order valence-corrected chi connectivity index (χ0v) is 11.3. The van der Waals surface area contributed by atoms with E-state index in [1.165, 1.54) is 0 Å². The van der Waals surface area contributed by atoms with Gasteiger partial charge in [-0.2, -0.15) is 5.26 Å². The Morgan fingerprint density at radius 2 is 1.95 bits per heavy atom. The van der Waals surface area contributed by atoms with E-state index in [9.17, 15) is 4.79 Å². The largest absolute Gasteiger partial charge is 0.362 e. The summed E-state index contributed by atoms with van der Waals surface area (Å²) < 4.78 is 0. The van der Waals surface area contributed by atoms with Crippen LogP contribution in [-0.4, -0.2) is 25.0 Å². The second kappa shape index (κ2) is 5.85. The number of nitrogens with zero attached hydrogens (tertiary/aromatic N) is 3. The van der Waals surface area contributed by atoms with Gasteiger partial charge in [-0.3, -0.25) is 4.79 Å². The molecule has 0 fully saturated rings. The number of amides is 1. The van der Waals surface area contributed by atoms with Crippen molar-refractivity contribution >= 4 is 17.4 Å². The van der Waals surface area contributed by atoms with Crippen molar-refractivity contribution in [2.75, 3.05) is 24.3 Å². The summed E-state index contributed by atoms with van der Waals surface area (Å²) in [5.74, 6) is 0.380. The SMILES string of the molecule is CN(C)c1ncccc1C(=O)Nc1ccc(C#N)cc1. The van der Waals surface area contributed by atoms with E-state index in [-0.39, 0.29) is 5.91 Å². The van der Waals surface area contributed by atoms with E-state index in [2.05, 4.69) is 10.3 Å². The Balaban J connectivity index is 2.22. The first kappa shape index (κ1) is 13.6. The van der Waals surface area contributed by atoms with E-state index in [1.54, 1.807) is 47.5 Å². The summed E-state index contributed by atoms with van der Waals surface area (Å²) in [4.78, 5) is 18.2. The third-order valence-electron chi connectivity index (χ3n) is 2.73. The van der Waals surface area contributed by atoms with E-state index in [0.29, 0.717) is 22.6 Å². The van der Waals surface area contributed by atoms with Crippen LogP contribution >= 0.6 is 0 Å². The molecule has 0 aliphatic heterocycles. The van der Waals surface area contributed by atoms with Gasteiger partial charge in [-0.05, 0) is 36.4 Å². The second-order valence-corrected chi connectivity index (χ2v) is 4.41. The molecule has 0 aliphatic rings. The van der Waals surface area contributed by atoms with Crippen LogP contribution in [0.2, 0.25) is 0 Å². The lowest BCUT2D eigenvalue weighted by Gasteiger charge is -2.15. The number of carbonyl (C=O) groups excluding carboxylic acids is 1. The molecule has 1 aromatic carbocycles. The molecule has 5 heteroatoms. The summed E-state index contributed by atoms with van der Waals surface area (Å²) in [7, 11) is 3.67. The monoisotopic (exact) mass is 266 g/mol. The van der Waals surface area contributed by atoms with Gasteiger partial charge in [0.25, 0.3) is 5.91 Å². The minimum absolute atomic E-state index is 0.230. The Hall–Kier alpha value is -2.87. The number of aromatic nitrogens is 1. The van der Waals surface area contributed by atoms with E-state index in [0.717, 1.165) is 0 Å². The predicted molar refractivity (Wildman–Crippen MR) is 77.7 cm³/mol. The smallest absolute Gasteiger partial charge is 0.259 e. The van der Waals surface area contributed by atoms with Crippen molar-refractivity contribution in [3.05, 3.63) is 53.7 Å². The lowest BCUT2D eigenvalue weighted by atomic mass is 10.2. The molecule has 0 aliphatic carbocycles. The van der Waals surface area contributed by atoms with Crippen LogP contribution in [0.3, 0.4) is 0 Å². The Labute approximate surface area is 117 Å². The molecule has 1 heterocycles. The molecule has 20 heavy (non-hydrogen) atoms. The summed E-state index contributed by atoms with van der Waals surface area (Å²) in [6, 6.07) is 12.2. The Bertz CT molecular complexity index is 656. The molecule has 100 valence electrons. The maximum atomic E-state index is 12.3. The fraction of sp³-hybridized carbons (Fsp3) is 0.133. The molecule has 0 radical (unpaired) electrons. The van der Waals surface area contributed by atoms with Crippen LogP contribution in [0.5, 0.6) is 0 Å². The molecular weight excluding hydrogens is 252 g/mol. The van der Waals surface area contributed by atoms with E-state index >= 15 is 0 Å². The lowest BCUT2D eigenvalue weighted by Crippen LogP contribution is -2.19. The van der Waals surface area contributed by atoms with Crippen LogP contribution in [0.4, 0.5) is 11.5 Å². The van der Waals surface area contributed by atoms with Crippen molar-refractivity contribution in [1.82, 2.24) is 4.98 Å². The molecule has 0 atom stereocenters. The van der Waals surface area contributed by atoms with Gasteiger partial charge in [0.15, 0.2) is 0 Å². The Morgan fingerprint density at radius 1 is 1.25 bits per heavy atom. The van der Waals surface area contributed by atoms with Gasteiger partial charge in [-0.25, -0.2) is 4.98 Å². The number of carbonyl (C=O) groups is 1. The quantitative estimate of drug-likeness (QED) is 0.925. The van der Waals surface area contributed by atoms with Gasteiger partial charge in [0.05, 0.1) is 17.2 Å². The van der Waals surface area contributed by atoms with Crippen LogP contribution < -0.4 is 10.2 Å². The van der Waals surface area contributed by atoms with Crippen LogP contribution in [0.25, 0.3) is 0 Å². The van der Waals surface area contributed by atoms with E-state index < -0.39 is 0 Å². The van der Waals surface area contributed by atoms with Crippen LogP contribution in [-0.2, 0) is 0 Å². The molecule has 0 unspecified atom stereocenters. The molecule has 0 bridgehead atoms. The third kappa shape index (κ3) is 2.93. The summed E-state index contributed by atoms with van der Waals surface area (Å²) in [5, 5.41) is 11.5. The molecule has 1 aromatic heterocycles. The van der Waals surface area contributed by atoms with Crippen molar-refractivity contribution in [2.24, 2.45) is 0 Å². The minimum atomic E-state index is -0.230. The molecule has 0 saturated heterocycles. The number of pyridine rings is 1. The van der Waals surface area contributed by atoms with Crippen molar-refractivity contribution in [2.45, 2.75) is 0 Å². The molecular formula is C15H14N4O. The van der Waals surface area contributed by atoms with Gasteiger partial charge in [0.2, 0.25) is 0 Å². The number of benzene rings is 1. The zero-order valence-electron chi connectivity index (χ0n) is 11.3. The molecule has 2 rings (SSSR count). The van der Waals surface area contributed by atoms with Crippen LogP contribution in [0, 0.1) is 11.3 Å². The van der Waals surface area contributed by atoms with E-state index in [1.807, 2.05) is 20.2 Å². The molecule has 0 saturated carbocycles. The summed E-state index contributed by atoms with van der Waals surface area (Å²) in [6.07, 6.45) is 1.65. The molecule has 1 N–H and O–H groups in total. The molecule has 0 spiro atoms. The first-order valence-electron chi connectivity index (χ1n) is 6.05. The van der Waals surface area contributed by atoms with Gasteiger partial charge in [0, 0.05) is 26.0 Å². The fourth-order valence-corrected chi connectivity index (χ4v) is 1.76. The number of hydrogen-bond acceptors (Lipinski definition) is 4. The van der Waals surface area contributed by atoms with E-state index in [4.69, 9.17) is 5.26 Å². The minimum Gasteiger partial charge on any atom is -0.362 e. The predicted octanol–water partition coefficient (Wildman–Crippen LogP) is 2.27. The first-order valence-corrected chi connectivity index (χ1v) is 6.05. The Morgan fingerprint density at radius 3 is 2.55 bits per heavy atom. The highest BCUT2D eigenvalue weighted by Gasteiger charge is 2.13. The number of hydrogen-bond donors (Lipinski definition) is 1. The average molecular weight is 266 g/mol.